The standard InChI is InChI=1S/C15H17ClN2O3/c1-10(15(19)17-9-12-4-3-7-21-12)18-13-8-11(16)5-6-14(13)20-2/h3-8,10,18H,9H2,1-2H3,(H,17,19). The lowest BCUT2D eigenvalue weighted by Gasteiger charge is -2.17. The highest BCUT2D eigenvalue weighted by atomic mass is 35.5. The number of benzene rings is 1. The fourth-order valence-electron chi connectivity index (χ4n) is 1.83. The van der Waals surface area contributed by atoms with E-state index in [2.05, 4.69) is 10.6 Å². The highest BCUT2D eigenvalue weighted by molar-refractivity contribution is 6.30. The van der Waals surface area contributed by atoms with Crippen LogP contribution in [0.3, 0.4) is 0 Å². The first-order chi connectivity index (χ1) is 10.1. The molecule has 1 heterocycles. The number of hydrogen-bond donors (Lipinski definition) is 2. The normalized spacial score (nSPS) is 11.8. The van der Waals surface area contributed by atoms with Gasteiger partial charge in [0, 0.05) is 5.02 Å². The summed E-state index contributed by atoms with van der Waals surface area (Å²) < 4.78 is 10.4. The molecular weight excluding hydrogens is 292 g/mol. The fraction of sp³-hybridized carbons (Fsp3) is 0.267. The highest BCUT2D eigenvalue weighted by Crippen LogP contribution is 2.28. The van der Waals surface area contributed by atoms with E-state index in [4.69, 9.17) is 20.8 Å². The summed E-state index contributed by atoms with van der Waals surface area (Å²) in [5, 5.41) is 6.44. The van der Waals surface area contributed by atoms with Crippen LogP contribution < -0.4 is 15.4 Å². The number of nitrogens with one attached hydrogen (secondary N) is 2. The lowest BCUT2D eigenvalue weighted by Crippen LogP contribution is -2.37. The van der Waals surface area contributed by atoms with Crippen molar-refractivity contribution in [3.05, 3.63) is 47.4 Å². The van der Waals surface area contributed by atoms with E-state index in [9.17, 15) is 4.79 Å². The Kier molecular flexibility index (Phi) is 5.11. The molecule has 1 amide bonds. The minimum absolute atomic E-state index is 0.145. The summed E-state index contributed by atoms with van der Waals surface area (Å²) in [6.07, 6.45) is 1.57. The molecule has 112 valence electrons. The van der Waals surface area contributed by atoms with Crippen LogP contribution in [0.25, 0.3) is 0 Å². The summed E-state index contributed by atoms with van der Waals surface area (Å²) >= 11 is 5.96. The molecule has 21 heavy (non-hydrogen) atoms. The van der Waals surface area contributed by atoms with Gasteiger partial charge in [-0.2, -0.15) is 0 Å². The molecule has 5 nitrogen and oxygen atoms in total. The van der Waals surface area contributed by atoms with Crippen molar-refractivity contribution >= 4 is 23.2 Å². The molecule has 0 aliphatic rings. The first-order valence-corrected chi connectivity index (χ1v) is 6.88. The van der Waals surface area contributed by atoms with Crippen LogP contribution in [0.5, 0.6) is 5.75 Å². The molecule has 2 N–H and O–H groups in total. The van der Waals surface area contributed by atoms with Gasteiger partial charge in [0.2, 0.25) is 5.91 Å². The second-order valence-corrected chi connectivity index (χ2v) is 4.94. The second kappa shape index (κ2) is 7.04. The van der Waals surface area contributed by atoms with Crippen molar-refractivity contribution in [2.75, 3.05) is 12.4 Å². The zero-order valence-electron chi connectivity index (χ0n) is 11.9. The fourth-order valence-corrected chi connectivity index (χ4v) is 2.00. The maximum Gasteiger partial charge on any atom is 0.242 e. The van der Waals surface area contributed by atoms with Gasteiger partial charge >= 0.3 is 0 Å². The van der Waals surface area contributed by atoms with Gasteiger partial charge in [0.15, 0.2) is 0 Å². The van der Waals surface area contributed by atoms with E-state index in [0.717, 1.165) is 0 Å². The molecule has 0 saturated carbocycles. The van der Waals surface area contributed by atoms with Crippen LogP contribution in [0.4, 0.5) is 5.69 Å². The van der Waals surface area contributed by atoms with E-state index in [1.54, 1.807) is 50.6 Å². The van der Waals surface area contributed by atoms with Gasteiger partial charge < -0.3 is 19.8 Å². The van der Waals surface area contributed by atoms with Crippen molar-refractivity contribution in [2.24, 2.45) is 0 Å². The third-order valence-electron chi connectivity index (χ3n) is 2.94. The smallest absolute Gasteiger partial charge is 0.242 e. The van der Waals surface area contributed by atoms with Gasteiger partial charge in [-0.05, 0) is 37.3 Å². The maximum atomic E-state index is 12.0. The average molecular weight is 309 g/mol. The van der Waals surface area contributed by atoms with Crippen LogP contribution in [0.1, 0.15) is 12.7 Å². The average Bonchev–Trinajstić information content (AvgIpc) is 2.98. The molecule has 2 aromatic rings. The number of carbonyl (C=O) groups excluding carboxylic acids is 1. The molecule has 1 aromatic heterocycles. The number of hydrogen-bond acceptors (Lipinski definition) is 4. The lowest BCUT2D eigenvalue weighted by molar-refractivity contribution is -0.121. The summed E-state index contributed by atoms with van der Waals surface area (Å²) in [7, 11) is 1.57. The molecule has 0 radical (unpaired) electrons. The highest BCUT2D eigenvalue weighted by Gasteiger charge is 2.15. The minimum atomic E-state index is -0.438. The summed E-state index contributed by atoms with van der Waals surface area (Å²) in [6.45, 7) is 2.11. The summed E-state index contributed by atoms with van der Waals surface area (Å²) in [4.78, 5) is 12.0. The largest absolute Gasteiger partial charge is 0.495 e. The number of anilines is 1. The zero-order valence-corrected chi connectivity index (χ0v) is 12.6. The quantitative estimate of drug-likeness (QED) is 0.861. The van der Waals surface area contributed by atoms with Crippen molar-refractivity contribution in [3.8, 4) is 5.75 Å². The minimum Gasteiger partial charge on any atom is -0.495 e. The number of ether oxygens (including phenoxy) is 1. The van der Waals surface area contributed by atoms with Gasteiger partial charge in [0.25, 0.3) is 0 Å². The maximum absolute atomic E-state index is 12.0. The molecule has 0 fully saturated rings. The molecule has 0 aliphatic carbocycles. The third-order valence-corrected chi connectivity index (χ3v) is 3.18. The summed E-state index contributed by atoms with van der Waals surface area (Å²) in [5.74, 6) is 1.19. The summed E-state index contributed by atoms with van der Waals surface area (Å²) in [6, 6.07) is 8.34. The number of amides is 1. The van der Waals surface area contributed by atoms with Crippen molar-refractivity contribution in [2.45, 2.75) is 19.5 Å². The molecule has 0 bridgehead atoms. The predicted molar refractivity (Wildman–Crippen MR) is 81.6 cm³/mol. The third kappa shape index (κ3) is 4.16. The zero-order chi connectivity index (χ0) is 15.2. The Morgan fingerprint density at radius 3 is 2.90 bits per heavy atom. The van der Waals surface area contributed by atoms with E-state index >= 15 is 0 Å². The first kappa shape index (κ1) is 15.3. The number of furan rings is 1. The van der Waals surface area contributed by atoms with Crippen LogP contribution >= 0.6 is 11.6 Å². The van der Waals surface area contributed by atoms with E-state index in [-0.39, 0.29) is 5.91 Å². The van der Waals surface area contributed by atoms with E-state index in [0.29, 0.717) is 28.8 Å². The molecule has 2 rings (SSSR count). The molecule has 1 aromatic carbocycles. The molecule has 6 heteroatoms. The Hall–Kier alpha value is -2.14. The van der Waals surface area contributed by atoms with Gasteiger partial charge in [0.1, 0.15) is 17.6 Å². The van der Waals surface area contributed by atoms with Crippen LogP contribution in [-0.2, 0) is 11.3 Å². The number of rotatable bonds is 6. The molecule has 1 atom stereocenters. The van der Waals surface area contributed by atoms with Gasteiger partial charge in [-0.1, -0.05) is 11.6 Å². The van der Waals surface area contributed by atoms with Crippen molar-refractivity contribution in [1.29, 1.82) is 0 Å². The number of halogens is 1. The lowest BCUT2D eigenvalue weighted by atomic mass is 10.2. The topological polar surface area (TPSA) is 63.5 Å². The Labute approximate surface area is 128 Å². The van der Waals surface area contributed by atoms with Crippen LogP contribution in [0.2, 0.25) is 5.02 Å². The van der Waals surface area contributed by atoms with Crippen molar-refractivity contribution < 1.29 is 13.9 Å². The van der Waals surface area contributed by atoms with E-state index in [1.165, 1.54) is 0 Å². The van der Waals surface area contributed by atoms with E-state index < -0.39 is 6.04 Å². The van der Waals surface area contributed by atoms with Crippen LogP contribution in [0.15, 0.2) is 41.0 Å². The van der Waals surface area contributed by atoms with Gasteiger partial charge in [-0.25, -0.2) is 0 Å². The number of methoxy groups -OCH3 is 1. The van der Waals surface area contributed by atoms with Gasteiger partial charge in [0.05, 0.1) is 25.6 Å². The monoisotopic (exact) mass is 308 g/mol. The summed E-state index contributed by atoms with van der Waals surface area (Å²) in [5.41, 5.74) is 0.672. The SMILES string of the molecule is COc1ccc(Cl)cc1NC(C)C(=O)NCc1ccco1. The van der Waals surface area contributed by atoms with Crippen LogP contribution in [-0.4, -0.2) is 19.1 Å². The van der Waals surface area contributed by atoms with Crippen molar-refractivity contribution in [3.63, 3.8) is 0 Å². The Balaban J connectivity index is 1.95. The second-order valence-electron chi connectivity index (χ2n) is 4.51. The van der Waals surface area contributed by atoms with Crippen LogP contribution in [0, 0.1) is 0 Å². The first-order valence-electron chi connectivity index (χ1n) is 6.50. The molecular formula is C15H17ClN2O3. The Bertz CT molecular complexity index is 599. The molecule has 0 saturated heterocycles. The van der Waals surface area contributed by atoms with Gasteiger partial charge in [-0.3, -0.25) is 4.79 Å². The Morgan fingerprint density at radius 2 is 2.24 bits per heavy atom. The molecule has 0 spiro atoms. The Morgan fingerprint density at radius 1 is 1.43 bits per heavy atom. The predicted octanol–water partition coefficient (Wildman–Crippen LogP) is 3.06. The van der Waals surface area contributed by atoms with Crippen molar-refractivity contribution in [1.82, 2.24) is 5.32 Å². The molecule has 0 aliphatic heterocycles. The number of carbonyl (C=O) groups is 1. The molecule has 1 unspecified atom stereocenters. The van der Waals surface area contributed by atoms with Gasteiger partial charge in [-0.15, -0.1) is 0 Å². The van der Waals surface area contributed by atoms with E-state index in [1.807, 2.05) is 0 Å².